The van der Waals surface area contributed by atoms with E-state index in [0.29, 0.717) is 22.3 Å². The second-order valence-corrected chi connectivity index (χ2v) is 5.24. The van der Waals surface area contributed by atoms with Crippen molar-refractivity contribution >= 4 is 0 Å². The van der Waals surface area contributed by atoms with Crippen LogP contribution in [0.2, 0.25) is 0 Å². The van der Waals surface area contributed by atoms with Crippen LogP contribution in [0, 0.1) is 6.92 Å². The fraction of sp³-hybridized carbons (Fsp3) is 0.0526. The number of para-hydroxylation sites is 2. The Morgan fingerprint density at radius 3 is 1.41 bits per heavy atom. The lowest BCUT2D eigenvalue weighted by Gasteiger charge is -2.14. The van der Waals surface area contributed by atoms with Crippen molar-refractivity contribution in [2.45, 2.75) is 6.92 Å². The third-order valence-electron chi connectivity index (χ3n) is 3.64. The van der Waals surface area contributed by atoms with Crippen LogP contribution in [0.3, 0.4) is 0 Å². The molecule has 3 aromatic rings. The number of aromatic hydroxyl groups is 3. The average molecular weight is 292 g/mol. The Morgan fingerprint density at radius 2 is 1.00 bits per heavy atom. The highest BCUT2D eigenvalue weighted by atomic mass is 16.3. The van der Waals surface area contributed by atoms with Crippen LogP contribution in [-0.2, 0) is 0 Å². The van der Waals surface area contributed by atoms with Gasteiger partial charge in [0.2, 0.25) is 0 Å². The predicted octanol–water partition coefficient (Wildman–Crippen LogP) is 4.45. The van der Waals surface area contributed by atoms with Crippen molar-refractivity contribution in [1.82, 2.24) is 0 Å². The van der Waals surface area contributed by atoms with Gasteiger partial charge in [-0.25, -0.2) is 0 Å². The Balaban J connectivity index is 2.28. The van der Waals surface area contributed by atoms with E-state index in [1.807, 2.05) is 19.1 Å². The van der Waals surface area contributed by atoms with Gasteiger partial charge in [0, 0.05) is 22.3 Å². The fourth-order valence-electron chi connectivity index (χ4n) is 2.59. The lowest BCUT2D eigenvalue weighted by Crippen LogP contribution is -1.88. The maximum absolute atomic E-state index is 10.6. The predicted molar refractivity (Wildman–Crippen MR) is 87.0 cm³/mol. The van der Waals surface area contributed by atoms with Crippen LogP contribution in [-0.4, -0.2) is 15.3 Å². The van der Waals surface area contributed by atoms with E-state index >= 15 is 0 Å². The molecule has 0 atom stereocenters. The van der Waals surface area contributed by atoms with E-state index < -0.39 is 0 Å². The second-order valence-electron chi connectivity index (χ2n) is 5.24. The van der Waals surface area contributed by atoms with Crippen LogP contribution in [0.4, 0.5) is 0 Å². The number of hydrogen-bond acceptors (Lipinski definition) is 3. The summed E-state index contributed by atoms with van der Waals surface area (Å²) < 4.78 is 0. The molecule has 0 aliphatic heterocycles. The summed E-state index contributed by atoms with van der Waals surface area (Å²) in [5, 5.41) is 30.7. The van der Waals surface area contributed by atoms with Gasteiger partial charge in [0.25, 0.3) is 0 Å². The molecular formula is C19H16O3. The zero-order chi connectivity index (χ0) is 15.7. The van der Waals surface area contributed by atoms with Gasteiger partial charge in [0.05, 0.1) is 0 Å². The van der Waals surface area contributed by atoms with Gasteiger partial charge < -0.3 is 15.3 Å². The molecule has 0 radical (unpaired) electrons. The van der Waals surface area contributed by atoms with Gasteiger partial charge in [0.15, 0.2) is 0 Å². The molecule has 0 amide bonds. The number of rotatable bonds is 2. The first-order chi connectivity index (χ1) is 10.6. The van der Waals surface area contributed by atoms with E-state index in [9.17, 15) is 15.3 Å². The number of phenolic OH excluding ortho intramolecular Hbond substituents is 3. The number of benzene rings is 3. The van der Waals surface area contributed by atoms with E-state index in [0.717, 1.165) is 5.56 Å². The fourth-order valence-corrected chi connectivity index (χ4v) is 2.59. The van der Waals surface area contributed by atoms with Crippen LogP contribution >= 0.6 is 0 Å². The van der Waals surface area contributed by atoms with E-state index in [1.54, 1.807) is 48.5 Å². The summed E-state index contributed by atoms with van der Waals surface area (Å²) in [4.78, 5) is 0. The highest BCUT2D eigenvalue weighted by Crippen LogP contribution is 2.43. The number of aryl methyl sites for hydroxylation is 1. The summed E-state index contributed by atoms with van der Waals surface area (Å²) in [5.41, 5.74) is 3.11. The van der Waals surface area contributed by atoms with Crippen molar-refractivity contribution < 1.29 is 15.3 Å². The molecule has 0 aliphatic carbocycles. The Hall–Kier alpha value is -2.94. The van der Waals surface area contributed by atoms with Crippen molar-refractivity contribution in [2.75, 3.05) is 0 Å². The topological polar surface area (TPSA) is 60.7 Å². The quantitative estimate of drug-likeness (QED) is 0.654. The maximum Gasteiger partial charge on any atom is 0.131 e. The van der Waals surface area contributed by atoms with Crippen molar-refractivity contribution in [3.63, 3.8) is 0 Å². The SMILES string of the molecule is Cc1cc(-c2ccccc2O)c(O)c(-c2ccccc2O)c1. The van der Waals surface area contributed by atoms with Crippen molar-refractivity contribution in [3.8, 4) is 39.5 Å². The summed E-state index contributed by atoms with van der Waals surface area (Å²) in [5.74, 6) is 0.242. The summed E-state index contributed by atoms with van der Waals surface area (Å²) in [7, 11) is 0. The van der Waals surface area contributed by atoms with Crippen LogP contribution in [0.25, 0.3) is 22.3 Å². The van der Waals surface area contributed by atoms with Gasteiger partial charge in [0.1, 0.15) is 17.2 Å². The number of hydrogen-bond donors (Lipinski definition) is 3. The first-order valence-electron chi connectivity index (χ1n) is 6.98. The van der Waals surface area contributed by atoms with E-state index in [4.69, 9.17) is 0 Å². The third-order valence-corrected chi connectivity index (χ3v) is 3.64. The van der Waals surface area contributed by atoms with Crippen LogP contribution in [0.1, 0.15) is 5.56 Å². The largest absolute Gasteiger partial charge is 0.507 e. The van der Waals surface area contributed by atoms with Crippen LogP contribution in [0.15, 0.2) is 60.7 Å². The van der Waals surface area contributed by atoms with Crippen molar-refractivity contribution in [2.24, 2.45) is 0 Å². The van der Waals surface area contributed by atoms with Crippen molar-refractivity contribution in [3.05, 3.63) is 66.2 Å². The molecule has 0 aromatic heterocycles. The van der Waals surface area contributed by atoms with Gasteiger partial charge in [-0.3, -0.25) is 0 Å². The van der Waals surface area contributed by atoms with Crippen LogP contribution < -0.4 is 0 Å². The monoisotopic (exact) mass is 292 g/mol. The molecule has 0 spiro atoms. The molecule has 0 unspecified atom stereocenters. The van der Waals surface area contributed by atoms with Gasteiger partial charge in [-0.15, -0.1) is 0 Å². The smallest absolute Gasteiger partial charge is 0.131 e. The lowest BCUT2D eigenvalue weighted by atomic mass is 9.94. The molecule has 0 fully saturated rings. The van der Waals surface area contributed by atoms with E-state index in [-0.39, 0.29) is 17.2 Å². The minimum absolute atomic E-state index is 0.0357. The molecule has 3 nitrogen and oxygen atoms in total. The average Bonchev–Trinajstić information content (AvgIpc) is 2.51. The van der Waals surface area contributed by atoms with Gasteiger partial charge in [-0.05, 0) is 36.8 Å². The Bertz CT molecular complexity index is 771. The van der Waals surface area contributed by atoms with Gasteiger partial charge in [-0.2, -0.15) is 0 Å². The summed E-state index contributed by atoms with van der Waals surface area (Å²) >= 11 is 0. The zero-order valence-corrected chi connectivity index (χ0v) is 12.1. The Kier molecular flexibility index (Phi) is 3.47. The second kappa shape index (κ2) is 5.45. The molecule has 3 N–H and O–H groups in total. The molecule has 0 bridgehead atoms. The molecule has 3 heteroatoms. The zero-order valence-electron chi connectivity index (χ0n) is 12.1. The summed E-state index contributed by atoms with van der Waals surface area (Å²) in [6.45, 7) is 1.91. The third kappa shape index (κ3) is 2.37. The first-order valence-corrected chi connectivity index (χ1v) is 6.98. The molecule has 0 aliphatic rings. The standard InChI is InChI=1S/C19H16O3/c1-12-10-15(13-6-2-4-8-17(13)20)19(22)16(11-12)14-7-3-5-9-18(14)21/h2-11,20-22H,1H3. The molecule has 0 saturated heterocycles. The van der Waals surface area contributed by atoms with E-state index in [2.05, 4.69) is 0 Å². The highest BCUT2D eigenvalue weighted by Gasteiger charge is 2.16. The van der Waals surface area contributed by atoms with E-state index in [1.165, 1.54) is 0 Å². The summed E-state index contributed by atoms with van der Waals surface area (Å²) in [6.07, 6.45) is 0. The molecule has 0 saturated carbocycles. The van der Waals surface area contributed by atoms with Gasteiger partial charge in [-0.1, -0.05) is 36.4 Å². The highest BCUT2D eigenvalue weighted by molar-refractivity contribution is 5.86. The Morgan fingerprint density at radius 1 is 0.591 bits per heavy atom. The van der Waals surface area contributed by atoms with Gasteiger partial charge >= 0.3 is 0 Å². The number of phenols is 3. The molecule has 3 aromatic carbocycles. The van der Waals surface area contributed by atoms with Crippen LogP contribution in [0.5, 0.6) is 17.2 Å². The first kappa shape index (κ1) is 14.0. The molecule has 3 rings (SSSR count). The maximum atomic E-state index is 10.6. The molecule has 110 valence electrons. The molecular weight excluding hydrogens is 276 g/mol. The Labute approximate surface area is 128 Å². The normalized spacial score (nSPS) is 10.6. The minimum Gasteiger partial charge on any atom is -0.507 e. The van der Waals surface area contributed by atoms with Crippen molar-refractivity contribution in [1.29, 1.82) is 0 Å². The lowest BCUT2D eigenvalue weighted by molar-refractivity contribution is 0.467. The minimum atomic E-state index is 0.0357. The molecule has 0 heterocycles. The summed E-state index contributed by atoms with van der Waals surface area (Å²) in [6, 6.07) is 17.4. The molecule has 22 heavy (non-hydrogen) atoms.